The molecule has 4 heavy (non-hydrogen) atoms. The summed E-state index contributed by atoms with van der Waals surface area (Å²) < 4.78 is 0. The van der Waals surface area contributed by atoms with Crippen molar-refractivity contribution in [3.05, 3.63) is 0 Å². The van der Waals surface area contributed by atoms with Gasteiger partial charge in [-0.05, 0) is 0 Å². The predicted molar refractivity (Wildman–Crippen MR) is 5.75 cm³/mol. The number of rotatable bonds is 0. The fourth-order valence-corrected chi connectivity index (χ4v) is 0. The zero-order valence-corrected chi connectivity index (χ0v) is 8.81. The molecule has 19 valence electrons. The van der Waals surface area contributed by atoms with Gasteiger partial charge in [-0.15, -0.1) is 0 Å². The van der Waals surface area contributed by atoms with Crippen LogP contribution in [0.15, 0.2) is 0 Å². The summed E-state index contributed by atoms with van der Waals surface area (Å²) in [6, 6.07) is 0. The summed E-state index contributed by atoms with van der Waals surface area (Å²) in [5.74, 6) is 0. The van der Waals surface area contributed by atoms with Crippen molar-refractivity contribution in [3.63, 3.8) is 0 Å². The van der Waals surface area contributed by atoms with Crippen LogP contribution in [0.4, 0.5) is 0 Å². The summed E-state index contributed by atoms with van der Waals surface area (Å²) in [4.78, 5) is 0. The molecule has 0 heterocycles. The van der Waals surface area contributed by atoms with E-state index in [1.54, 1.807) is 0 Å². The van der Waals surface area contributed by atoms with Crippen molar-refractivity contribution in [2.24, 2.45) is 0 Å². The van der Waals surface area contributed by atoms with Gasteiger partial charge < -0.3 is 0 Å². The van der Waals surface area contributed by atoms with Crippen molar-refractivity contribution in [2.75, 3.05) is 0 Å². The predicted octanol–water partition coefficient (Wildman–Crippen LogP) is -0.386. The van der Waals surface area contributed by atoms with Gasteiger partial charge in [0, 0.05) is 92.9 Å². The third-order valence-corrected chi connectivity index (χ3v) is 0. The first-order valence-corrected chi connectivity index (χ1v) is 0. The average Bonchev–Trinajstić information content (AvgIpc) is 0. The summed E-state index contributed by atoms with van der Waals surface area (Å²) in [6.07, 6.45) is 0. The molecule has 0 nitrogen and oxygen atoms in total. The third kappa shape index (κ3) is 8.87. The Kier molecular flexibility index (Phi) is 118. The van der Waals surface area contributed by atoms with Crippen LogP contribution in [0.25, 0.3) is 0 Å². The van der Waals surface area contributed by atoms with E-state index in [1.807, 2.05) is 0 Å². The topological polar surface area (TPSA) is 0 Å². The molecule has 0 aromatic heterocycles. The molecule has 4 heteroatoms. The zero-order chi connectivity index (χ0) is 0. The van der Waals surface area contributed by atoms with Gasteiger partial charge in [-0.25, -0.2) is 0 Å². The van der Waals surface area contributed by atoms with E-state index in [4.69, 9.17) is 0 Å². The van der Waals surface area contributed by atoms with E-state index in [2.05, 4.69) is 0 Å². The molecule has 0 aromatic rings. The Morgan fingerprint density at radius 3 is 0.750 bits per heavy atom. The maximum absolute atomic E-state index is 0. The van der Waals surface area contributed by atoms with Crippen LogP contribution in [0.3, 0.4) is 0 Å². The van der Waals surface area contributed by atoms with Crippen molar-refractivity contribution >= 4 is 17.4 Å². The van der Waals surface area contributed by atoms with Gasteiger partial charge in [0.15, 0.2) is 0 Å². The molecule has 0 saturated heterocycles. The fourth-order valence-electron chi connectivity index (χ4n) is 0. The van der Waals surface area contributed by atoms with Gasteiger partial charge in [-0.2, -0.15) is 0 Å². The SMILES string of the molecule is [Al].[Cr].[Cr].[Nd]. The first kappa shape index (κ1) is 28.3. The van der Waals surface area contributed by atoms with Crippen LogP contribution in [-0.4, -0.2) is 17.4 Å². The van der Waals surface area contributed by atoms with Gasteiger partial charge in [0.05, 0.1) is 0 Å². The maximum Gasteiger partial charge on any atom is 0 e. The largest absolute Gasteiger partial charge is 0 e. The molecular formula is AlCr2Nd. The molecule has 0 unspecified atom stereocenters. The van der Waals surface area contributed by atoms with Crippen molar-refractivity contribution in [2.45, 2.75) is 0 Å². The molecule has 0 saturated carbocycles. The second-order valence-electron chi connectivity index (χ2n) is 0. The fraction of sp³-hybridized carbons (Fsp3) is 0. The first-order valence-electron chi connectivity index (χ1n) is 0. The van der Waals surface area contributed by atoms with E-state index in [0.717, 1.165) is 0 Å². The second kappa shape index (κ2) is 16.8. The smallest absolute Gasteiger partial charge is 0 e. The van der Waals surface area contributed by atoms with Crippen molar-refractivity contribution < 1.29 is 75.6 Å². The molecule has 0 aromatic carbocycles. The maximum atomic E-state index is 0. The minimum atomic E-state index is 0. The Bertz CT molecular complexity index is 6.00. The quantitative estimate of drug-likeness (QED) is 0.528. The molecule has 0 fully saturated rings. The minimum Gasteiger partial charge on any atom is 0 e. The van der Waals surface area contributed by atoms with Gasteiger partial charge >= 0.3 is 0 Å². The standard InChI is InChI=1S/Al.2Cr.Nd. The van der Waals surface area contributed by atoms with Gasteiger partial charge in [-0.3, -0.25) is 0 Å². The summed E-state index contributed by atoms with van der Waals surface area (Å²) in [5, 5.41) is 0. The Labute approximate surface area is 91.0 Å². The zero-order valence-electron chi connectivity index (χ0n) is 1.89. The molecule has 0 amide bonds. The van der Waals surface area contributed by atoms with Crippen molar-refractivity contribution in [1.82, 2.24) is 0 Å². The van der Waals surface area contributed by atoms with E-state index in [-0.39, 0.29) is 92.9 Å². The summed E-state index contributed by atoms with van der Waals surface area (Å²) in [6.45, 7) is 0. The van der Waals surface area contributed by atoms with Crippen LogP contribution in [0, 0.1) is 40.8 Å². The van der Waals surface area contributed by atoms with Gasteiger partial charge in [0.2, 0.25) is 0 Å². The summed E-state index contributed by atoms with van der Waals surface area (Å²) in [5.41, 5.74) is 0. The number of hydrogen-bond donors (Lipinski definition) is 0. The van der Waals surface area contributed by atoms with Crippen molar-refractivity contribution in [3.8, 4) is 0 Å². The normalized spacial score (nSPS) is 0. The van der Waals surface area contributed by atoms with Crippen LogP contribution in [0.5, 0.6) is 0 Å². The van der Waals surface area contributed by atoms with E-state index in [1.165, 1.54) is 0 Å². The van der Waals surface area contributed by atoms with Crippen LogP contribution >= 0.6 is 0 Å². The Morgan fingerprint density at radius 2 is 0.750 bits per heavy atom. The summed E-state index contributed by atoms with van der Waals surface area (Å²) in [7, 11) is 0. The second-order valence-corrected chi connectivity index (χ2v) is 0. The molecule has 0 rings (SSSR count). The van der Waals surface area contributed by atoms with E-state index < -0.39 is 0 Å². The molecule has 3 radical (unpaired) electrons. The Hall–Kier alpha value is 2.95. The molecule has 0 aliphatic carbocycles. The Balaban J connectivity index is 0. The average molecular weight is 275 g/mol. The van der Waals surface area contributed by atoms with Crippen LogP contribution in [0.2, 0.25) is 0 Å². The van der Waals surface area contributed by atoms with E-state index in [9.17, 15) is 0 Å². The van der Waals surface area contributed by atoms with Gasteiger partial charge in [0.25, 0.3) is 0 Å². The molecule has 0 aliphatic rings. The van der Waals surface area contributed by atoms with E-state index >= 15 is 0 Å². The molecule has 0 bridgehead atoms. The molecule has 0 spiro atoms. The van der Waals surface area contributed by atoms with Gasteiger partial charge in [-0.1, -0.05) is 0 Å². The van der Waals surface area contributed by atoms with Crippen molar-refractivity contribution in [1.29, 1.82) is 0 Å². The van der Waals surface area contributed by atoms with E-state index in [0.29, 0.717) is 0 Å². The van der Waals surface area contributed by atoms with Crippen LogP contribution in [-0.2, 0) is 34.7 Å². The molecule has 0 aliphatic heterocycles. The minimum absolute atomic E-state index is 0. The Morgan fingerprint density at radius 1 is 0.750 bits per heavy atom. The van der Waals surface area contributed by atoms with Crippen LogP contribution < -0.4 is 0 Å². The third-order valence-electron chi connectivity index (χ3n) is 0. The molecule has 0 N–H and O–H groups in total. The van der Waals surface area contributed by atoms with Gasteiger partial charge in [0.1, 0.15) is 0 Å². The monoisotopic (exact) mass is 273 g/mol. The molecule has 0 atom stereocenters. The van der Waals surface area contributed by atoms with Crippen LogP contribution in [0.1, 0.15) is 0 Å². The first-order chi connectivity index (χ1) is 0. The number of hydrogen-bond acceptors (Lipinski definition) is 0. The summed E-state index contributed by atoms with van der Waals surface area (Å²) >= 11 is 0. The molecular weight excluding hydrogens is 275 g/mol.